The molecule has 1 N–H and O–H groups in total. The number of hydrogen-bond donors (Lipinski definition) is 1. The molecule has 0 radical (unpaired) electrons. The Hall–Kier alpha value is -1.56. The van der Waals surface area contributed by atoms with Crippen LogP contribution in [0.2, 0.25) is 0 Å². The summed E-state index contributed by atoms with van der Waals surface area (Å²) in [5.74, 6) is -0.0374. The lowest BCUT2D eigenvalue weighted by molar-refractivity contribution is 0.192. The van der Waals surface area contributed by atoms with E-state index in [-0.39, 0.29) is 23.2 Å². The lowest BCUT2D eigenvalue weighted by Gasteiger charge is -2.29. The van der Waals surface area contributed by atoms with E-state index in [1.54, 1.807) is 14.0 Å². The standard InChI is InChI=1S/C17H28N2O3S/c1-14(12-23(5,21)22)19(4)16(20)18-13-17(2,3)11-15-9-7-6-8-10-15/h6-10,14H,11-13H2,1-5H3,(H,18,20). The van der Waals surface area contributed by atoms with Crippen molar-refractivity contribution in [3.05, 3.63) is 35.9 Å². The van der Waals surface area contributed by atoms with Crippen LogP contribution in [0.1, 0.15) is 26.3 Å². The molecule has 1 aromatic carbocycles. The van der Waals surface area contributed by atoms with Crippen molar-refractivity contribution in [2.45, 2.75) is 33.2 Å². The van der Waals surface area contributed by atoms with Crippen LogP contribution in [0.5, 0.6) is 0 Å². The summed E-state index contributed by atoms with van der Waals surface area (Å²) >= 11 is 0. The molecule has 5 nitrogen and oxygen atoms in total. The average molecular weight is 340 g/mol. The minimum absolute atomic E-state index is 0.0374. The fourth-order valence-corrected chi connectivity index (χ4v) is 3.50. The molecule has 2 amide bonds. The first-order valence-corrected chi connectivity index (χ1v) is 9.78. The van der Waals surface area contributed by atoms with E-state index < -0.39 is 9.84 Å². The summed E-state index contributed by atoms with van der Waals surface area (Å²) < 4.78 is 22.7. The number of rotatable bonds is 7. The molecule has 0 fully saturated rings. The second kappa shape index (κ2) is 7.81. The molecule has 0 spiro atoms. The van der Waals surface area contributed by atoms with Gasteiger partial charge in [0.05, 0.1) is 5.75 Å². The summed E-state index contributed by atoms with van der Waals surface area (Å²) in [6, 6.07) is 9.53. The van der Waals surface area contributed by atoms with Crippen LogP contribution in [0.3, 0.4) is 0 Å². The number of nitrogens with zero attached hydrogens (tertiary/aromatic N) is 1. The summed E-state index contributed by atoms with van der Waals surface area (Å²) in [5.41, 5.74) is 1.14. The van der Waals surface area contributed by atoms with Crippen LogP contribution < -0.4 is 5.32 Å². The third-order valence-corrected chi connectivity index (χ3v) is 4.86. The Kier molecular flexibility index (Phi) is 6.62. The summed E-state index contributed by atoms with van der Waals surface area (Å²) in [4.78, 5) is 13.6. The molecule has 0 saturated heterocycles. The Labute approximate surface area is 140 Å². The van der Waals surface area contributed by atoms with Crippen molar-refractivity contribution in [1.29, 1.82) is 0 Å². The van der Waals surface area contributed by atoms with Crippen molar-refractivity contribution < 1.29 is 13.2 Å². The van der Waals surface area contributed by atoms with Gasteiger partial charge in [0.25, 0.3) is 0 Å². The fraction of sp³-hybridized carbons (Fsp3) is 0.588. The third-order valence-electron chi connectivity index (χ3n) is 3.77. The molecule has 1 unspecified atom stereocenters. The van der Waals surface area contributed by atoms with Crippen molar-refractivity contribution in [3.63, 3.8) is 0 Å². The van der Waals surface area contributed by atoms with Gasteiger partial charge in [0.1, 0.15) is 9.84 Å². The zero-order valence-corrected chi connectivity index (χ0v) is 15.5. The molecular formula is C17H28N2O3S. The van der Waals surface area contributed by atoms with Crippen LogP contribution in [-0.4, -0.2) is 51.0 Å². The molecule has 1 aromatic rings. The van der Waals surface area contributed by atoms with E-state index in [0.717, 1.165) is 6.42 Å². The van der Waals surface area contributed by atoms with Gasteiger partial charge in [0, 0.05) is 25.9 Å². The Morgan fingerprint density at radius 1 is 1.26 bits per heavy atom. The largest absolute Gasteiger partial charge is 0.337 e. The van der Waals surface area contributed by atoms with Gasteiger partial charge >= 0.3 is 6.03 Å². The van der Waals surface area contributed by atoms with Crippen molar-refractivity contribution in [1.82, 2.24) is 10.2 Å². The highest BCUT2D eigenvalue weighted by Gasteiger charge is 2.23. The van der Waals surface area contributed by atoms with Gasteiger partial charge in [0.2, 0.25) is 0 Å². The molecule has 1 atom stereocenters. The third kappa shape index (κ3) is 7.50. The molecule has 1 rings (SSSR count). The van der Waals surface area contributed by atoms with Gasteiger partial charge in [-0.25, -0.2) is 13.2 Å². The highest BCUT2D eigenvalue weighted by atomic mass is 32.2. The zero-order chi connectivity index (χ0) is 17.7. The quantitative estimate of drug-likeness (QED) is 0.828. The van der Waals surface area contributed by atoms with Crippen LogP contribution in [0.4, 0.5) is 4.79 Å². The zero-order valence-electron chi connectivity index (χ0n) is 14.7. The number of urea groups is 1. The number of amides is 2. The maximum atomic E-state index is 12.2. The van der Waals surface area contributed by atoms with Gasteiger partial charge in [0.15, 0.2) is 0 Å². The summed E-state index contributed by atoms with van der Waals surface area (Å²) in [5, 5.41) is 2.90. The molecule has 0 aliphatic carbocycles. The number of hydrogen-bond acceptors (Lipinski definition) is 3. The van der Waals surface area contributed by atoms with Crippen LogP contribution in [0, 0.1) is 5.41 Å². The van der Waals surface area contributed by atoms with Crippen molar-refractivity contribution in [2.75, 3.05) is 25.6 Å². The highest BCUT2D eigenvalue weighted by molar-refractivity contribution is 7.90. The first-order valence-electron chi connectivity index (χ1n) is 7.72. The van der Waals surface area contributed by atoms with E-state index in [4.69, 9.17) is 0 Å². The summed E-state index contributed by atoms with van der Waals surface area (Å²) in [6.45, 7) is 6.45. The predicted octanol–water partition coefficient (Wildman–Crippen LogP) is 2.33. The van der Waals surface area contributed by atoms with E-state index in [2.05, 4.69) is 31.3 Å². The van der Waals surface area contributed by atoms with Crippen molar-refractivity contribution in [2.24, 2.45) is 5.41 Å². The number of carbonyl (C=O) groups is 1. The van der Waals surface area contributed by atoms with Gasteiger partial charge in [-0.3, -0.25) is 0 Å². The molecule has 0 heterocycles. The first-order chi connectivity index (χ1) is 10.5. The monoisotopic (exact) mass is 340 g/mol. The van der Waals surface area contributed by atoms with Crippen molar-refractivity contribution in [3.8, 4) is 0 Å². The van der Waals surface area contributed by atoms with Crippen LogP contribution >= 0.6 is 0 Å². The fourth-order valence-electron chi connectivity index (χ4n) is 2.40. The Morgan fingerprint density at radius 2 is 1.83 bits per heavy atom. The molecule has 0 saturated carbocycles. The SMILES string of the molecule is CC(CS(C)(=O)=O)N(C)C(=O)NCC(C)(C)Cc1ccccc1. The summed E-state index contributed by atoms with van der Waals surface area (Å²) in [6.07, 6.45) is 2.04. The van der Waals surface area contributed by atoms with Crippen LogP contribution in [-0.2, 0) is 16.3 Å². The number of sulfone groups is 1. The first kappa shape index (κ1) is 19.5. The number of nitrogens with one attached hydrogen (secondary N) is 1. The van der Waals surface area contributed by atoms with Gasteiger partial charge in [-0.2, -0.15) is 0 Å². The lowest BCUT2D eigenvalue weighted by atomic mass is 9.86. The van der Waals surface area contributed by atoms with Crippen LogP contribution in [0.25, 0.3) is 0 Å². The molecule has 23 heavy (non-hydrogen) atoms. The van der Waals surface area contributed by atoms with Gasteiger partial charge in [-0.15, -0.1) is 0 Å². The van der Waals surface area contributed by atoms with E-state index in [0.29, 0.717) is 6.54 Å². The van der Waals surface area contributed by atoms with E-state index in [1.165, 1.54) is 16.7 Å². The molecule has 0 aliphatic rings. The Balaban J connectivity index is 2.53. The van der Waals surface area contributed by atoms with E-state index in [1.807, 2.05) is 18.2 Å². The second-order valence-corrected chi connectivity index (χ2v) is 9.22. The Bertz CT molecular complexity index is 612. The molecule has 6 heteroatoms. The van der Waals surface area contributed by atoms with Crippen LogP contribution in [0.15, 0.2) is 30.3 Å². The number of carbonyl (C=O) groups excluding carboxylic acids is 1. The van der Waals surface area contributed by atoms with E-state index in [9.17, 15) is 13.2 Å². The molecule has 130 valence electrons. The maximum absolute atomic E-state index is 12.2. The smallest absolute Gasteiger partial charge is 0.317 e. The minimum Gasteiger partial charge on any atom is -0.337 e. The molecule has 0 bridgehead atoms. The normalized spacial score (nSPS) is 13.4. The second-order valence-electron chi connectivity index (χ2n) is 7.04. The predicted molar refractivity (Wildman–Crippen MR) is 94.3 cm³/mol. The molecular weight excluding hydrogens is 312 g/mol. The average Bonchev–Trinajstić information content (AvgIpc) is 2.43. The summed E-state index contributed by atoms with van der Waals surface area (Å²) in [7, 11) is -1.49. The van der Waals surface area contributed by atoms with Crippen molar-refractivity contribution >= 4 is 15.9 Å². The topological polar surface area (TPSA) is 66.5 Å². The molecule has 0 aliphatic heterocycles. The van der Waals surface area contributed by atoms with E-state index >= 15 is 0 Å². The van der Waals surface area contributed by atoms with Gasteiger partial charge < -0.3 is 10.2 Å². The van der Waals surface area contributed by atoms with Gasteiger partial charge in [-0.05, 0) is 24.3 Å². The minimum atomic E-state index is -3.11. The molecule has 0 aromatic heterocycles. The maximum Gasteiger partial charge on any atom is 0.317 e. The number of benzene rings is 1. The Morgan fingerprint density at radius 3 is 2.35 bits per heavy atom. The van der Waals surface area contributed by atoms with Gasteiger partial charge in [-0.1, -0.05) is 44.2 Å². The highest BCUT2D eigenvalue weighted by Crippen LogP contribution is 2.20. The lowest BCUT2D eigenvalue weighted by Crippen LogP contribution is -2.47.